The third-order valence-electron chi connectivity index (χ3n) is 7.15. The lowest BCUT2D eigenvalue weighted by molar-refractivity contribution is 0.480. The van der Waals surface area contributed by atoms with Crippen molar-refractivity contribution >= 4 is 32.8 Å². The number of hydrogen-bond acceptors (Lipinski definition) is 4. The highest BCUT2D eigenvalue weighted by Crippen LogP contribution is 2.36. The fraction of sp³-hybridized carbons (Fsp3) is 0.121. The summed E-state index contributed by atoms with van der Waals surface area (Å²) in [7, 11) is 0. The van der Waals surface area contributed by atoms with Crippen LogP contribution in [0.15, 0.2) is 110 Å². The number of nitrogens with zero attached hydrogens (tertiary/aromatic N) is 5. The van der Waals surface area contributed by atoms with E-state index in [-0.39, 0.29) is 5.41 Å². The van der Waals surface area contributed by atoms with Gasteiger partial charge in [0.05, 0.1) is 40.1 Å². The quantitative estimate of drug-likeness (QED) is 0.241. The fourth-order valence-corrected chi connectivity index (χ4v) is 5.16. The standard InChI is InChI=1S/C33H27N5O/c1-33(2,3)22-14-15-35-32(16-22)38-29-10-6-4-8-26(29)27-13-12-24(18-31(27)38)39-25-17-23(19-34-20-25)37-21-36-28-9-5-7-11-30(28)37/h4-21H,1-3H3. The summed E-state index contributed by atoms with van der Waals surface area (Å²) in [6, 6.07) is 29.0. The summed E-state index contributed by atoms with van der Waals surface area (Å²) in [5.41, 5.74) is 6.25. The van der Waals surface area contributed by atoms with Gasteiger partial charge in [-0.15, -0.1) is 0 Å². The molecule has 3 aromatic carbocycles. The van der Waals surface area contributed by atoms with Gasteiger partial charge in [0.2, 0.25) is 0 Å². The third kappa shape index (κ3) is 4.01. The topological polar surface area (TPSA) is 57.8 Å². The molecular formula is C33H27N5O. The number of para-hydroxylation sites is 3. The smallest absolute Gasteiger partial charge is 0.147 e. The van der Waals surface area contributed by atoms with Gasteiger partial charge in [0, 0.05) is 29.1 Å². The van der Waals surface area contributed by atoms with Crippen molar-refractivity contribution in [2.24, 2.45) is 0 Å². The Labute approximate surface area is 226 Å². The van der Waals surface area contributed by atoms with Crippen molar-refractivity contribution in [3.8, 4) is 23.0 Å². The molecule has 0 unspecified atom stereocenters. The Hall–Kier alpha value is -4.97. The van der Waals surface area contributed by atoms with Crippen LogP contribution in [0.25, 0.3) is 44.3 Å². The van der Waals surface area contributed by atoms with Crippen LogP contribution in [0.3, 0.4) is 0 Å². The van der Waals surface area contributed by atoms with Crippen molar-refractivity contribution in [1.82, 2.24) is 24.1 Å². The van der Waals surface area contributed by atoms with Crippen LogP contribution in [0.2, 0.25) is 0 Å². The van der Waals surface area contributed by atoms with E-state index in [1.54, 1.807) is 6.20 Å². The summed E-state index contributed by atoms with van der Waals surface area (Å²) in [4.78, 5) is 13.7. The molecule has 190 valence electrons. The van der Waals surface area contributed by atoms with Crippen molar-refractivity contribution < 1.29 is 4.74 Å². The van der Waals surface area contributed by atoms with Gasteiger partial charge in [0.15, 0.2) is 0 Å². The molecule has 0 aliphatic rings. The molecule has 4 heterocycles. The van der Waals surface area contributed by atoms with E-state index in [0.717, 1.165) is 44.7 Å². The number of imidazole rings is 1. The first-order valence-corrected chi connectivity index (χ1v) is 13.0. The maximum atomic E-state index is 6.37. The fourth-order valence-electron chi connectivity index (χ4n) is 5.16. The van der Waals surface area contributed by atoms with E-state index in [0.29, 0.717) is 5.75 Å². The van der Waals surface area contributed by atoms with Crippen LogP contribution < -0.4 is 4.74 Å². The molecule has 0 aliphatic carbocycles. The van der Waals surface area contributed by atoms with Gasteiger partial charge < -0.3 is 4.74 Å². The number of ether oxygens (including phenoxy) is 1. The Morgan fingerprint density at radius 2 is 1.49 bits per heavy atom. The molecular weight excluding hydrogens is 482 g/mol. The monoisotopic (exact) mass is 509 g/mol. The minimum atomic E-state index is 0.0172. The molecule has 0 saturated carbocycles. The molecule has 0 N–H and O–H groups in total. The normalized spacial score (nSPS) is 12.0. The molecule has 7 rings (SSSR count). The van der Waals surface area contributed by atoms with E-state index in [4.69, 9.17) is 9.72 Å². The summed E-state index contributed by atoms with van der Waals surface area (Å²) in [5, 5.41) is 2.33. The summed E-state index contributed by atoms with van der Waals surface area (Å²) in [5.74, 6) is 2.27. The van der Waals surface area contributed by atoms with Gasteiger partial charge in [-0.2, -0.15) is 0 Å². The molecule has 0 spiro atoms. The number of hydrogen-bond donors (Lipinski definition) is 0. The van der Waals surface area contributed by atoms with Crippen LogP contribution in [-0.2, 0) is 5.41 Å². The summed E-state index contributed by atoms with van der Waals surface area (Å²) >= 11 is 0. The maximum Gasteiger partial charge on any atom is 0.147 e. The zero-order valence-corrected chi connectivity index (χ0v) is 22.0. The molecule has 7 aromatic rings. The number of rotatable bonds is 4. The van der Waals surface area contributed by atoms with E-state index in [9.17, 15) is 0 Å². The lowest BCUT2D eigenvalue weighted by atomic mass is 9.88. The van der Waals surface area contributed by atoms with Crippen LogP contribution in [0.4, 0.5) is 0 Å². The molecule has 39 heavy (non-hydrogen) atoms. The summed E-state index contributed by atoms with van der Waals surface area (Å²) < 4.78 is 10.6. The Bertz CT molecular complexity index is 1990. The minimum Gasteiger partial charge on any atom is -0.456 e. The molecule has 0 atom stereocenters. The van der Waals surface area contributed by atoms with Crippen molar-refractivity contribution in [1.29, 1.82) is 0 Å². The number of fused-ring (bicyclic) bond motifs is 4. The van der Waals surface area contributed by atoms with E-state index >= 15 is 0 Å². The van der Waals surface area contributed by atoms with Gasteiger partial charge in [-0.05, 0) is 53.4 Å². The van der Waals surface area contributed by atoms with Gasteiger partial charge in [-0.3, -0.25) is 14.1 Å². The first kappa shape index (κ1) is 23.2. The Balaban J connectivity index is 1.33. The van der Waals surface area contributed by atoms with Crippen LogP contribution in [-0.4, -0.2) is 24.1 Å². The number of benzene rings is 3. The van der Waals surface area contributed by atoms with Gasteiger partial charge in [0.25, 0.3) is 0 Å². The van der Waals surface area contributed by atoms with Crippen LogP contribution in [0, 0.1) is 0 Å². The van der Waals surface area contributed by atoms with E-state index < -0.39 is 0 Å². The highest BCUT2D eigenvalue weighted by molar-refractivity contribution is 6.09. The highest BCUT2D eigenvalue weighted by Gasteiger charge is 2.18. The van der Waals surface area contributed by atoms with Crippen molar-refractivity contribution in [3.05, 3.63) is 115 Å². The summed E-state index contributed by atoms with van der Waals surface area (Å²) in [6.45, 7) is 6.66. The molecule has 4 aromatic heterocycles. The maximum absolute atomic E-state index is 6.37. The SMILES string of the molecule is CC(C)(C)c1ccnc(-n2c3ccccc3c3ccc(Oc4cncc(-n5cnc6ccccc65)c4)cc32)c1. The van der Waals surface area contributed by atoms with Crippen molar-refractivity contribution in [3.63, 3.8) is 0 Å². The van der Waals surface area contributed by atoms with Gasteiger partial charge in [0.1, 0.15) is 23.6 Å². The first-order chi connectivity index (χ1) is 19.0. The lowest BCUT2D eigenvalue weighted by Crippen LogP contribution is -2.12. The summed E-state index contributed by atoms with van der Waals surface area (Å²) in [6.07, 6.45) is 7.26. The molecule has 6 nitrogen and oxygen atoms in total. The molecule has 6 heteroatoms. The average Bonchev–Trinajstić information content (AvgIpc) is 3.52. The number of pyridine rings is 2. The molecule has 0 saturated heterocycles. The van der Waals surface area contributed by atoms with Gasteiger partial charge in [-0.1, -0.05) is 51.1 Å². The van der Waals surface area contributed by atoms with Crippen LogP contribution >= 0.6 is 0 Å². The predicted molar refractivity (Wildman–Crippen MR) is 156 cm³/mol. The average molecular weight is 510 g/mol. The van der Waals surface area contributed by atoms with Crippen LogP contribution in [0.1, 0.15) is 26.3 Å². The van der Waals surface area contributed by atoms with E-state index in [1.165, 1.54) is 10.9 Å². The molecule has 0 bridgehead atoms. The molecule has 0 amide bonds. The molecule has 0 radical (unpaired) electrons. The Kier molecular flexibility index (Phi) is 5.23. The Morgan fingerprint density at radius 3 is 2.36 bits per heavy atom. The Morgan fingerprint density at radius 1 is 0.692 bits per heavy atom. The second kappa shape index (κ2) is 8.81. The van der Waals surface area contributed by atoms with E-state index in [2.05, 4.69) is 83.8 Å². The van der Waals surface area contributed by atoms with Crippen molar-refractivity contribution in [2.75, 3.05) is 0 Å². The van der Waals surface area contributed by atoms with Crippen molar-refractivity contribution in [2.45, 2.75) is 26.2 Å². The second-order valence-corrected chi connectivity index (χ2v) is 10.8. The zero-order chi connectivity index (χ0) is 26.6. The highest BCUT2D eigenvalue weighted by atomic mass is 16.5. The van der Waals surface area contributed by atoms with Gasteiger partial charge in [-0.25, -0.2) is 9.97 Å². The third-order valence-corrected chi connectivity index (χ3v) is 7.15. The molecule has 0 fully saturated rings. The number of aromatic nitrogens is 5. The first-order valence-electron chi connectivity index (χ1n) is 13.0. The zero-order valence-electron chi connectivity index (χ0n) is 22.0. The molecule has 0 aliphatic heterocycles. The second-order valence-electron chi connectivity index (χ2n) is 10.8. The van der Waals surface area contributed by atoms with Crippen LogP contribution in [0.5, 0.6) is 11.5 Å². The predicted octanol–water partition coefficient (Wildman–Crippen LogP) is 8.00. The van der Waals surface area contributed by atoms with E-state index in [1.807, 2.05) is 59.7 Å². The minimum absolute atomic E-state index is 0.0172. The lowest BCUT2D eigenvalue weighted by Gasteiger charge is -2.20. The van der Waals surface area contributed by atoms with Gasteiger partial charge >= 0.3 is 0 Å². The largest absolute Gasteiger partial charge is 0.456 e.